The van der Waals surface area contributed by atoms with Gasteiger partial charge < -0.3 is 9.47 Å². The highest BCUT2D eigenvalue weighted by atomic mass is 19.4. The number of esters is 1. The van der Waals surface area contributed by atoms with Gasteiger partial charge in [0.2, 0.25) is 0 Å². The second-order valence-electron chi connectivity index (χ2n) is 8.48. The molecule has 0 aliphatic carbocycles. The van der Waals surface area contributed by atoms with Crippen molar-refractivity contribution in [2.45, 2.75) is 56.8 Å². The third-order valence-electron chi connectivity index (χ3n) is 6.09. The molecule has 1 saturated heterocycles. The number of rotatable bonds is 8. The molecule has 1 unspecified atom stereocenters. The summed E-state index contributed by atoms with van der Waals surface area (Å²) >= 11 is 0. The molecule has 0 bridgehead atoms. The van der Waals surface area contributed by atoms with Crippen LogP contribution in [0, 0.1) is 0 Å². The van der Waals surface area contributed by atoms with Crippen molar-refractivity contribution in [1.82, 2.24) is 4.90 Å². The third-order valence-corrected chi connectivity index (χ3v) is 6.09. The topological polar surface area (TPSA) is 38.8 Å². The van der Waals surface area contributed by atoms with Crippen LogP contribution in [0.15, 0.2) is 48.5 Å². The van der Waals surface area contributed by atoms with Crippen molar-refractivity contribution in [3.63, 3.8) is 0 Å². The number of hydrogen-bond donors (Lipinski definition) is 0. The first-order valence-electron chi connectivity index (χ1n) is 11.3. The molecular formula is C25H27F6NO3. The second-order valence-corrected chi connectivity index (χ2v) is 8.48. The fourth-order valence-corrected chi connectivity index (χ4v) is 4.39. The summed E-state index contributed by atoms with van der Waals surface area (Å²) in [6.45, 7) is 0.599. The number of halogens is 6. The Morgan fingerprint density at radius 2 is 1.60 bits per heavy atom. The number of nitrogens with zero attached hydrogens (tertiary/aromatic N) is 1. The molecule has 4 nitrogen and oxygen atoms in total. The fourth-order valence-electron chi connectivity index (χ4n) is 4.39. The van der Waals surface area contributed by atoms with Crippen LogP contribution in [0.1, 0.15) is 54.4 Å². The van der Waals surface area contributed by atoms with E-state index >= 15 is 0 Å². The van der Waals surface area contributed by atoms with Crippen LogP contribution in [0.25, 0.3) is 0 Å². The van der Waals surface area contributed by atoms with Gasteiger partial charge in [-0.25, -0.2) is 0 Å². The highest BCUT2D eigenvalue weighted by Crippen LogP contribution is 2.41. The largest absolute Gasteiger partial charge is 0.469 e. The maximum absolute atomic E-state index is 13.3. The Morgan fingerprint density at radius 3 is 2.17 bits per heavy atom. The van der Waals surface area contributed by atoms with Crippen LogP contribution in [0.2, 0.25) is 0 Å². The van der Waals surface area contributed by atoms with E-state index in [9.17, 15) is 31.1 Å². The molecule has 0 aromatic heterocycles. The van der Waals surface area contributed by atoms with Gasteiger partial charge in [0.15, 0.2) is 0 Å². The number of likely N-dealkylation sites (tertiary alicyclic amines) is 1. The molecule has 1 heterocycles. The van der Waals surface area contributed by atoms with Crippen molar-refractivity contribution in [3.8, 4) is 0 Å². The number of carbonyl (C=O) groups excluding carboxylic acids is 1. The van der Waals surface area contributed by atoms with Gasteiger partial charge in [0, 0.05) is 19.5 Å². The number of methoxy groups -OCH3 is 1. The van der Waals surface area contributed by atoms with Crippen molar-refractivity contribution in [3.05, 3.63) is 70.8 Å². The molecule has 0 amide bonds. The Balaban J connectivity index is 1.94. The van der Waals surface area contributed by atoms with Crippen LogP contribution in [0.4, 0.5) is 26.3 Å². The van der Waals surface area contributed by atoms with Crippen LogP contribution in [-0.4, -0.2) is 31.1 Å². The first kappa shape index (κ1) is 27.0. The molecule has 1 aliphatic rings. The lowest BCUT2D eigenvalue weighted by molar-refractivity contribution is -0.192. The third kappa shape index (κ3) is 6.76. The molecule has 0 N–H and O–H groups in total. The van der Waals surface area contributed by atoms with Crippen molar-refractivity contribution < 1.29 is 40.6 Å². The summed E-state index contributed by atoms with van der Waals surface area (Å²) in [5.74, 6) is -0.364. The fraction of sp³-hybridized carbons (Fsp3) is 0.480. The summed E-state index contributed by atoms with van der Waals surface area (Å²) in [7, 11) is 1.30. The van der Waals surface area contributed by atoms with E-state index in [-0.39, 0.29) is 24.0 Å². The van der Waals surface area contributed by atoms with Crippen molar-refractivity contribution >= 4 is 5.97 Å². The molecule has 0 spiro atoms. The average Bonchev–Trinajstić information content (AvgIpc) is 2.82. The monoisotopic (exact) mass is 503 g/mol. The Bertz CT molecular complexity index is 961. The normalized spacial score (nSPS) is 19.5. The van der Waals surface area contributed by atoms with E-state index in [1.807, 2.05) is 23.1 Å². The zero-order chi connectivity index (χ0) is 25.7. The maximum Gasteiger partial charge on any atom is 0.416 e. The minimum Gasteiger partial charge on any atom is -0.469 e. The summed E-state index contributed by atoms with van der Waals surface area (Å²) in [6.07, 6.45) is -7.11. The van der Waals surface area contributed by atoms with Gasteiger partial charge in [0.1, 0.15) is 5.72 Å². The predicted molar refractivity (Wildman–Crippen MR) is 116 cm³/mol. The number of benzene rings is 2. The van der Waals surface area contributed by atoms with Crippen LogP contribution >= 0.6 is 0 Å². The van der Waals surface area contributed by atoms with Gasteiger partial charge in [-0.05, 0) is 55.0 Å². The molecule has 2 aromatic rings. The standard InChI is InChI=1S/C25H27F6NO3/c1-34-22(33)10-7-13-32-12-6-5-11-23(32,19-8-3-2-4-9-19)35-17-18-14-20(24(26,27)28)16-21(15-18)25(29,30)31/h2-4,8-9,14-16H,5-7,10-13,17H2,1H3. The lowest BCUT2D eigenvalue weighted by atomic mass is 9.90. The molecule has 3 rings (SSSR count). The molecule has 0 radical (unpaired) electrons. The lowest BCUT2D eigenvalue weighted by Crippen LogP contribution is -2.51. The van der Waals surface area contributed by atoms with Gasteiger partial charge in [0.25, 0.3) is 0 Å². The molecule has 1 atom stereocenters. The van der Waals surface area contributed by atoms with E-state index < -0.39 is 35.8 Å². The van der Waals surface area contributed by atoms with Crippen molar-refractivity contribution in [2.75, 3.05) is 20.2 Å². The SMILES string of the molecule is COC(=O)CCCN1CCCCC1(OCc1cc(C(F)(F)F)cc(C(F)(F)F)c1)c1ccccc1. The van der Waals surface area contributed by atoms with Crippen LogP contribution in [0.3, 0.4) is 0 Å². The first-order chi connectivity index (χ1) is 16.5. The number of carbonyl (C=O) groups is 1. The Hall–Kier alpha value is -2.59. The molecular weight excluding hydrogens is 476 g/mol. The van der Waals surface area contributed by atoms with Crippen LogP contribution in [0.5, 0.6) is 0 Å². The smallest absolute Gasteiger partial charge is 0.416 e. The zero-order valence-corrected chi connectivity index (χ0v) is 19.2. The van der Waals surface area contributed by atoms with Gasteiger partial charge in [-0.15, -0.1) is 0 Å². The van der Waals surface area contributed by atoms with E-state index in [1.165, 1.54) is 7.11 Å². The van der Waals surface area contributed by atoms with Crippen LogP contribution in [-0.2, 0) is 39.0 Å². The minimum atomic E-state index is -4.93. The maximum atomic E-state index is 13.3. The lowest BCUT2D eigenvalue weighted by Gasteiger charge is -2.47. The van der Waals surface area contributed by atoms with Gasteiger partial charge in [0.05, 0.1) is 24.8 Å². The van der Waals surface area contributed by atoms with Gasteiger partial charge in [-0.2, -0.15) is 26.3 Å². The number of hydrogen-bond acceptors (Lipinski definition) is 4. The van der Waals surface area contributed by atoms with E-state index in [2.05, 4.69) is 4.74 Å². The van der Waals surface area contributed by atoms with E-state index in [0.29, 0.717) is 38.1 Å². The Kier molecular flexibility index (Phi) is 8.48. The Labute approximate surface area is 199 Å². The van der Waals surface area contributed by atoms with E-state index in [1.54, 1.807) is 12.1 Å². The number of ether oxygens (including phenoxy) is 2. The molecule has 1 aliphatic heterocycles. The van der Waals surface area contributed by atoms with Gasteiger partial charge >= 0.3 is 18.3 Å². The predicted octanol–water partition coefficient (Wildman–Crippen LogP) is 6.53. The summed E-state index contributed by atoms with van der Waals surface area (Å²) in [4.78, 5) is 13.6. The van der Waals surface area contributed by atoms with Gasteiger partial charge in [-0.1, -0.05) is 30.3 Å². The van der Waals surface area contributed by atoms with Crippen molar-refractivity contribution in [1.29, 1.82) is 0 Å². The molecule has 0 saturated carbocycles. The molecule has 35 heavy (non-hydrogen) atoms. The second kappa shape index (κ2) is 11.0. The molecule has 1 fully saturated rings. The molecule has 192 valence electrons. The number of piperidine rings is 1. The summed E-state index contributed by atoms with van der Waals surface area (Å²) in [6, 6.07) is 10.6. The minimum absolute atomic E-state index is 0.107. The number of alkyl halides is 6. The first-order valence-corrected chi connectivity index (χ1v) is 11.3. The summed E-state index contributed by atoms with van der Waals surface area (Å²) in [5, 5.41) is 0. The van der Waals surface area contributed by atoms with Crippen molar-refractivity contribution in [2.24, 2.45) is 0 Å². The van der Waals surface area contributed by atoms with Crippen LogP contribution < -0.4 is 0 Å². The highest BCUT2D eigenvalue weighted by molar-refractivity contribution is 5.69. The molecule has 10 heteroatoms. The molecule has 2 aromatic carbocycles. The zero-order valence-electron chi connectivity index (χ0n) is 19.2. The summed E-state index contributed by atoms with van der Waals surface area (Å²) < 4.78 is 90.8. The van der Waals surface area contributed by atoms with E-state index in [0.717, 1.165) is 18.4 Å². The van der Waals surface area contributed by atoms with Gasteiger partial charge in [-0.3, -0.25) is 9.69 Å². The highest BCUT2D eigenvalue weighted by Gasteiger charge is 2.42. The average molecular weight is 503 g/mol. The van der Waals surface area contributed by atoms with E-state index in [4.69, 9.17) is 4.74 Å². The summed E-state index contributed by atoms with van der Waals surface area (Å²) in [5.41, 5.74) is -3.28. The quantitative estimate of drug-likeness (QED) is 0.303. The Morgan fingerprint density at radius 1 is 0.971 bits per heavy atom.